The fourth-order valence-corrected chi connectivity index (χ4v) is 3.80. The minimum absolute atomic E-state index is 0.00832. The molecule has 6 nitrogen and oxygen atoms in total. The van der Waals surface area contributed by atoms with E-state index in [1.165, 1.54) is 32.2 Å². The Bertz CT molecular complexity index is 516. The molecule has 0 aromatic carbocycles. The molecule has 3 heterocycles. The number of anilines is 1. The van der Waals surface area contributed by atoms with E-state index in [9.17, 15) is 4.79 Å². The zero-order valence-electron chi connectivity index (χ0n) is 12.4. The van der Waals surface area contributed by atoms with E-state index in [4.69, 9.17) is 0 Å². The molecule has 1 saturated carbocycles. The number of carbonyl (C=O) groups excluding carboxylic acids is 1. The molecule has 0 bridgehead atoms. The van der Waals surface area contributed by atoms with Gasteiger partial charge in [0.05, 0.1) is 17.9 Å². The van der Waals surface area contributed by atoms with E-state index < -0.39 is 0 Å². The molecule has 0 unspecified atom stereocenters. The molecule has 1 N–H and O–H groups in total. The van der Waals surface area contributed by atoms with Crippen LogP contribution in [0.15, 0.2) is 12.4 Å². The van der Waals surface area contributed by atoms with Crippen LogP contribution in [0.1, 0.15) is 31.7 Å². The molecule has 1 aliphatic carbocycles. The van der Waals surface area contributed by atoms with Gasteiger partial charge in [-0.15, -0.1) is 0 Å². The summed E-state index contributed by atoms with van der Waals surface area (Å²) in [5, 5.41) is 7.28. The Kier molecular flexibility index (Phi) is 3.33. The summed E-state index contributed by atoms with van der Waals surface area (Å²) in [7, 11) is 0. The summed E-state index contributed by atoms with van der Waals surface area (Å²) >= 11 is 0. The van der Waals surface area contributed by atoms with Gasteiger partial charge in [0.2, 0.25) is 0 Å². The van der Waals surface area contributed by atoms with Crippen molar-refractivity contribution in [2.75, 3.05) is 37.6 Å². The Hall–Kier alpha value is -1.56. The molecule has 21 heavy (non-hydrogen) atoms. The van der Waals surface area contributed by atoms with Crippen molar-refractivity contribution in [3.63, 3.8) is 0 Å². The van der Waals surface area contributed by atoms with Crippen molar-refractivity contribution in [1.82, 2.24) is 20.0 Å². The van der Waals surface area contributed by atoms with Crippen LogP contribution in [0.3, 0.4) is 0 Å². The average Bonchev–Trinajstić information content (AvgIpc) is 3.14. The maximum Gasteiger partial charge on any atom is 0.322 e. The molecular formula is C15H23N5O. The number of carbonyl (C=O) groups is 1. The Morgan fingerprint density at radius 2 is 2.10 bits per heavy atom. The Balaban J connectivity index is 1.32. The van der Waals surface area contributed by atoms with E-state index in [2.05, 4.69) is 15.3 Å². The van der Waals surface area contributed by atoms with Crippen molar-refractivity contribution in [2.45, 2.75) is 31.7 Å². The number of amides is 2. The molecule has 3 fully saturated rings. The van der Waals surface area contributed by atoms with Gasteiger partial charge in [0.25, 0.3) is 0 Å². The highest BCUT2D eigenvalue weighted by Gasteiger charge is 2.32. The maximum absolute atomic E-state index is 11.7. The average molecular weight is 289 g/mol. The summed E-state index contributed by atoms with van der Waals surface area (Å²) in [6.07, 6.45) is 9.49. The minimum atomic E-state index is -0.00832. The van der Waals surface area contributed by atoms with Crippen LogP contribution in [0.2, 0.25) is 0 Å². The number of hydrogen-bond donors (Lipinski definition) is 1. The smallest absolute Gasteiger partial charge is 0.322 e. The molecule has 114 valence electrons. The second-order valence-corrected chi connectivity index (χ2v) is 6.58. The standard InChI is InChI=1S/C15H23N5O/c21-15-16-5-6-19(15)13-7-17-20(11-13)14-9-18(10-14)8-12-3-1-2-4-12/h7,11-12,14H,1-6,8-10H2,(H,16,21). The molecular weight excluding hydrogens is 266 g/mol. The van der Waals surface area contributed by atoms with E-state index in [-0.39, 0.29) is 6.03 Å². The van der Waals surface area contributed by atoms with Crippen molar-refractivity contribution in [3.8, 4) is 0 Å². The van der Waals surface area contributed by atoms with Crippen molar-refractivity contribution < 1.29 is 4.79 Å². The highest BCUT2D eigenvalue weighted by molar-refractivity contribution is 5.93. The lowest BCUT2D eigenvalue weighted by molar-refractivity contribution is 0.0813. The first-order valence-electron chi connectivity index (χ1n) is 8.11. The highest BCUT2D eigenvalue weighted by Crippen LogP contribution is 2.30. The van der Waals surface area contributed by atoms with E-state index in [0.717, 1.165) is 37.8 Å². The Morgan fingerprint density at radius 3 is 2.81 bits per heavy atom. The van der Waals surface area contributed by atoms with Crippen molar-refractivity contribution in [3.05, 3.63) is 12.4 Å². The number of likely N-dealkylation sites (tertiary alicyclic amines) is 1. The lowest BCUT2D eigenvalue weighted by atomic mass is 10.0. The van der Waals surface area contributed by atoms with Gasteiger partial charge in [0.15, 0.2) is 0 Å². The van der Waals surface area contributed by atoms with Gasteiger partial charge < -0.3 is 5.32 Å². The summed E-state index contributed by atoms with van der Waals surface area (Å²) in [5.41, 5.74) is 0.916. The topological polar surface area (TPSA) is 53.4 Å². The molecule has 0 atom stereocenters. The SMILES string of the molecule is O=C1NCCN1c1cnn(C2CN(CC3CCCC3)C2)c1. The summed E-state index contributed by atoms with van der Waals surface area (Å²) in [4.78, 5) is 16.0. The third-order valence-electron chi connectivity index (χ3n) is 5.06. The van der Waals surface area contributed by atoms with Gasteiger partial charge in [0, 0.05) is 38.9 Å². The quantitative estimate of drug-likeness (QED) is 0.913. The Morgan fingerprint density at radius 1 is 1.29 bits per heavy atom. The number of rotatable bonds is 4. The predicted molar refractivity (Wildman–Crippen MR) is 80.4 cm³/mol. The molecule has 0 radical (unpaired) electrons. The first-order chi connectivity index (χ1) is 10.3. The van der Waals surface area contributed by atoms with Gasteiger partial charge in [-0.25, -0.2) is 4.79 Å². The van der Waals surface area contributed by atoms with Gasteiger partial charge in [-0.2, -0.15) is 5.10 Å². The van der Waals surface area contributed by atoms with E-state index in [1.807, 2.05) is 17.1 Å². The van der Waals surface area contributed by atoms with E-state index in [0.29, 0.717) is 6.04 Å². The third kappa shape index (κ3) is 2.52. The monoisotopic (exact) mass is 289 g/mol. The molecule has 2 amide bonds. The molecule has 2 aliphatic heterocycles. The van der Waals surface area contributed by atoms with Crippen LogP contribution in [0.5, 0.6) is 0 Å². The zero-order valence-corrected chi connectivity index (χ0v) is 12.4. The number of nitrogens with one attached hydrogen (secondary N) is 1. The van der Waals surface area contributed by atoms with E-state index >= 15 is 0 Å². The molecule has 2 saturated heterocycles. The third-order valence-corrected chi connectivity index (χ3v) is 5.06. The fraction of sp³-hybridized carbons (Fsp3) is 0.733. The molecule has 4 rings (SSSR count). The maximum atomic E-state index is 11.7. The Labute approximate surface area is 125 Å². The molecule has 1 aromatic heterocycles. The number of aromatic nitrogens is 2. The first kappa shape index (κ1) is 13.1. The first-order valence-corrected chi connectivity index (χ1v) is 8.11. The summed E-state index contributed by atoms with van der Waals surface area (Å²) in [6, 6.07) is 0.469. The van der Waals surface area contributed by atoms with Crippen LogP contribution in [0.25, 0.3) is 0 Å². The fourth-order valence-electron chi connectivity index (χ4n) is 3.80. The largest absolute Gasteiger partial charge is 0.336 e. The van der Waals surface area contributed by atoms with Gasteiger partial charge in [-0.1, -0.05) is 12.8 Å². The highest BCUT2D eigenvalue weighted by atomic mass is 16.2. The zero-order chi connectivity index (χ0) is 14.2. The number of hydrogen-bond acceptors (Lipinski definition) is 3. The second-order valence-electron chi connectivity index (χ2n) is 6.58. The van der Waals surface area contributed by atoms with Crippen molar-refractivity contribution in [2.24, 2.45) is 5.92 Å². The second kappa shape index (κ2) is 5.33. The van der Waals surface area contributed by atoms with Crippen LogP contribution >= 0.6 is 0 Å². The van der Waals surface area contributed by atoms with Gasteiger partial charge >= 0.3 is 6.03 Å². The predicted octanol–water partition coefficient (Wildman–Crippen LogP) is 1.46. The summed E-state index contributed by atoms with van der Waals surface area (Å²) in [6.45, 7) is 4.93. The summed E-state index contributed by atoms with van der Waals surface area (Å²) < 4.78 is 2.03. The normalized spacial score (nSPS) is 24.6. The van der Waals surface area contributed by atoms with Crippen LogP contribution in [0.4, 0.5) is 10.5 Å². The van der Waals surface area contributed by atoms with Crippen LogP contribution in [-0.4, -0.2) is 53.4 Å². The molecule has 0 spiro atoms. The van der Waals surface area contributed by atoms with Gasteiger partial charge in [0.1, 0.15) is 0 Å². The lowest BCUT2D eigenvalue weighted by Gasteiger charge is -2.40. The summed E-state index contributed by atoms with van der Waals surface area (Å²) in [5.74, 6) is 0.924. The van der Waals surface area contributed by atoms with Gasteiger partial charge in [-0.05, 0) is 18.8 Å². The van der Waals surface area contributed by atoms with Gasteiger partial charge in [-0.3, -0.25) is 14.5 Å². The van der Waals surface area contributed by atoms with Crippen molar-refractivity contribution in [1.29, 1.82) is 0 Å². The van der Waals surface area contributed by atoms with Crippen LogP contribution < -0.4 is 10.2 Å². The number of nitrogens with zero attached hydrogens (tertiary/aromatic N) is 4. The van der Waals surface area contributed by atoms with Crippen LogP contribution in [0, 0.1) is 5.92 Å². The molecule has 3 aliphatic rings. The molecule has 6 heteroatoms. The number of urea groups is 1. The minimum Gasteiger partial charge on any atom is -0.336 e. The van der Waals surface area contributed by atoms with E-state index in [1.54, 1.807) is 4.90 Å². The van der Waals surface area contributed by atoms with Crippen molar-refractivity contribution >= 4 is 11.7 Å². The van der Waals surface area contributed by atoms with Crippen LogP contribution in [-0.2, 0) is 0 Å². The lowest BCUT2D eigenvalue weighted by Crippen LogP contribution is -2.49. The molecule has 1 aromatic rings.